The Balaban J connectivity index is 1.73. The number of nitrogens with two attached hydrogens (primary N) is 1. The van der Waals surface area contributed by atoms with Crippen molar-refractivity contribution in [3.63, 3.8) is 0 Å². The highest BCUT2D eigenvalue weighted by Gasteiger charge is 2.23. The molecule has 0 atom stereocenters. The van der Waals surface area contributed by atoms with E-state index in [1.165, 1.54) is 0 Å². The Labute approximate surface area is 105 Å². The number of hydrogen-bond acceptors (Lipinski definition) is 2. The Morgan fingerprint density at radius 2 is 2.11 bits per heavy atom. The zero-order valence-corrected chi connectivity index (χ0v) is 10.1. The Morgan fingerprint density at radius 3 is 2.89 bits per heavy atom. The number of fused-ring (bicyclic) bond motifs is 1. The van der Waals surface area contributed by atoms with Crippen molar-refractivity contribution >= 4 is 22.9 Å². The van der Waals surface area contributed by atoms with Crippen molar-refractivity contribution in [1.29, 1.82) is 0 Å². The topological polar surface area (TPSA) is 74.4 Å². The van der Waals surface area contributed by atoms with E-state index < -0.39 is 0 Å². The number of aromatic nitrogens is 2. The first kappa shape index (κ1) is 11.2. The maximum atomic E-state index is 12.1. The zero-order valence-electron chi connectivity index (χ0n) is 10.1. The summed E-state index contributed by atoms with van der Waals surface area (Å²) in [5.41, 5.74) is 1.83. The number of rotatable bonds is 2. The summed E-state index contributed by atoms with van der Waals surface area (Å²) in [4.78, 5) is 19.5. The SMILES string of the molecule is O=C(Nc1nc2ccccc2[nH]1)C1CC[NH2+]CC1. The minimum atomic E-state index is 0.0853. The van der Waals surface area contributed by atoms with Crippen LogP contribution >= 0.6 is 0 Å². The molecule has 1 fully saturated rings. The van der Waals surface area contributed by atoms with Gasteiger partial charge in [-0.1, -0.05) is 12.1 Å². The first-order chi connectivity index (χ1) is 8.83. The van der Waals surface area contributed by atoms with Crippen LogP contribution in [0.15, 0.2) is 24.3 Å². The number of quaternary nitrogens is 1. The van der Waals surface area contributed by atoms with E-state index >= 15 is 0 Å². The largest absolute Gasteiger partial charge is 0.346 e. The number of benzene rings is 1. The van der Waals surface area contributed by atoms with E-state index in [1.54, 1.807) is 0 Å². The number of anilines is 1. The quantitative estimate of drug-likeness (QED) is 0.719. The van der Waals surface area contributed by atoms with Crippen LogP contribution < -0.4 is 10.6 Å². The van der Waals surface area contributed by atoms with Gasteiger partial charge < -0.3 is 10.3 Å². The van der Waals surface area contributed by atoms with Crippen molar-refractivity contribution in [3.8, 4) is 0 Å². The molecule has 5 nitrogen and oxygen atoms in total. The molecule has 1 saturated heterocycles. The van der Waals surface area contributed by atoms with Crippen LogP contribution in [0.25, 0.3) is 11.0 Å². The van der Waals surface area contributed by atoms with Gasteiger partial charge in [0.1, 0.15) is 0 Å². The van der Waals surface area contributed by atoms with E-state index in [1.807, 2.05) is 24.3 Å². The van der Waals surface area contributed by atoms with Crippen molar-refractivity contribution in [2.24, 2.45) is 5.92 Å². The van der Waals surface area contributed by atoms with Gasteiger partial charge in [0, 0.05) is 18.8 Å². The standard InChI is InChI=1S/C13H16N4O/c18-12(9-5-7-14-8-6-9)17-13-15-10-3-1-2-4-11(10)16-13/h1-4,9,14H,5-8H2,(H2,15,16,17,18)/p+1. The molecule has 0 bridgehead atoms. The van der Waals surface area contributed by atoms with Crippen molar-refractivity contribution in [3.05, 3.63) is 24.3 Å². The van der Waals surface area contributed by atoms with Gasteiger partial charge in [-0.05, 0) is 12.1 Å². The number of carbonyl (C=O) groups is 1. The predicted octanol–water partition coefficient (Wildman–Crippen LogP) is 0.475. The third kappa shape index (κ3) is 2.22. The molecule has 0 spiro atoms. The molecule has 1 aromatic carbocycles. The van der Waals surface area contributed by atoms with Gasteiger partial charge in [0.2, 0.25) is 11.9 Å². The fourth-order valence-corrected chi connectivity index (χ4v) is 2.42. The molecular formula is C13H17N4O+. The zero-order chi connectivity index (χ0) is 12.4. The number of carbonyl (C=O) groups excluding carboxylic acids is 1. The molecule has 3 rings (SSSR count). The summed E-state index contributed by atoms with van der Waals surface area (Å²) in [5, 5.41) is 5.14. The van der Waals surface area contributed by atoms with E-state index in [9.17, 15) is 4.79 Å². The Bertz CT molecular complexity index is 524. The summed E-state index contributed by atoms with van der Waals surface area (Å²) >= 11 is 0. The van der Waals surface area contributed by atoms with Gasteiger partial charge >= 0.3 is 0 Å². The number of nitrogens with one attached hydrogen (secondary N) is 2. The van der Waals surface area contributed by atoms with Gasteiger partial charge in [-0.25, -0.2) is 4.98 Å². The molecule has 0 saturated carbocycles. The third-order valence-electron chi connectivity index (χ3n) is 3.44. The van der Waals surface area contributed by atoms with Crippen molar-refractivity contribution in [1.82, 2.24) is 9.97 Å². The number of para-hydroxylation sites is 2. The van der Waals surface area contributed by atoms with Gasteiger partial charge in [0.25, 0.3) is 0 Å². The van der Waals surface area contributed by atoms with Crippen LogP contribution in [0.5, 0.6) is 0 Å². The lowest BCUT2D eigenvalue weighted by molar-refractivity contribution is -0.663. The summed E-state index contributed by atoms with van der Waals surface area (Å²) in [6, 6.07) is 7.76. The van der Waals surface area contributed by atoms with Crippen LogP contribution in [0.2, 0.25) is 0 Å². The normalized spacial score (nSPS) is 16.9. The molecule has 0 unspecified atom stereocenters. The summed E-state index contributed by atoms with van der Waals surface area (Å²) < 4.78 is 0. The van der Waals surface area contributed by atoms with E-state index in [0.29, 0.717) is 5.95 Å². The lowest BCUT2D eigenvalue weighted by Gasteiger charge is -2.18. The van der Waals surface area contributed by atoms with E-state index in [-0.39, 0.29) is 11.8 Å². The number of amides is 1. The van der Waals surface area contributed by atoms with Gasteiger partial charge in [-0.2, -0.15) is 0 Å². The van der Waals surface area contributed by atoms with Crippen LogP contribution in [0.1, 0.15) is 12.8 Å². The number of hydrogen-bond donors (Lipinski definition) is 3. The summed E-state index contributed by atoms with van der Waals surface area (Å²) in [7, 11) is 0. The fourth-order valence-electron chi connectivity index (χ4n) is 2.42. The lowest BCUT2D eigenvalue weighted by Crippen LogP contribution is -2.86. The maximum Gasteiger partial charge on any atom is 0.230 e. The molecule has 0 radical (unpaired) electrons. The number of H-pyrrole nitrogens is 1. The first-order valence-electron chi connectivity index (χ1n) is 6.40. The van der Waals surface area contributed by atoms with Crippen molar-refractivity contribution < 1.29 is 10.1 Å². The molecule has 0 aliphatic carbocycles. The average molecular weight is 245 g/mol. The molecule has 5 heteroatoms. The highest BCUT2D eigenvalue weighted by Crippen LogP contribution is 2.16. The third-order valence-corrected chi connectivity index (χ3v) is 3.44. The van der Waals surface area contributed by atoms with Crippen LogP contribution in [0.4, 0.5) is 5.95 Å². The molecule has 2 heterocycles. The van der Waals surface area contributed by atoms with Crippen molar-refractivity contribution in [2.45, 2.75) is 12.8 Å². The van der Waals surface area contributed by atoms with E-state index in [2.05, 4.69) is 20.6 Å². The Kier molecular flexibility index (Phi) is 2.98. The second kappa shape index (κ2) is 4.78. The predicted molar refractivity (Wildman–Crippen MR) is 69.1 cm³/mol. The highest BCUT2D eigenvalue weighted by molar-refractivity contribution is 5.92. The number of nitrogens with zero attached hydrogens (tertiary/aromatic N) is 1. The molecule has 4 N–H and O–H groups in total. The summed E-state index contributed by atoms with van der Waals surface area (Å²) in [6.07, 6.45) is 1.90. The first-order valence-corrected chi connectivity index (χ1v) is 6.40. The average Bonchev–Trinajstić information content (AvgIpc) is 2.82. The second-order valence-electron chi connectivity index (χ2n) is 4.73. The summed E-state index contributed by atoms with van der Waals surface area (Å²) in [6.45, 7) is 2.08. The molecule has 2 aromatic rings. The molecule has 18 heavy (non-hydrogen) atoms. The van der Waals surface area contributed by atoms with Gasteiger partial charge in [0.05, 0.1) is 24.1 Å². The van der Waals surface area contributed by atoms with Crippen LogP contribution in [0, 0.1) is 5.92 Å². The Hall–Kier alpha value is -1.88. The molecule has 1 aromatic heterocycles. The number of imidazole rings is 1. The van der Waals surface area contributed by atoms with Crippen LogP contribution in [-0.4, -0.2) is 29.0 Å². The number of piperidine rings is 1. The second-order valence-corrected chi connectivity index (χ2v) is 4.73. The highest BCUT2D eigenvalue weighted by atomic mass is 16.2. The van der Waals surface area contributed by atoms with Crippen LogP contribution in [-0.2, 0) is 4.79 Å². The van der Waals surface area contributed by atoms with Crippen LogP contribution in [0.3, 0.4) is 0 Å². The van der Waals surface area contributed by atoms with Crippen molar-refractivity contribution in [2.75, 3.05) is 18.4 Å². The van der Waals surface area contributed by atoms with E-state index in [4.69, 9.17) is 0 Å². The van der Waals surface area contributed by atoms with Gasteiger partial charge in [-0.3, -0.25) is 10.1 Å². The molecule has 1 aliphatic heterocycles. The summed E-state index contributed by atoms with van der Waals surface area (Å²) in [5.74, 6) is 0.765. The maximum absolute atomic E-state index is 12.1. The van der Waals surface area contributed by atoms with E-state index in [0.717, 1.165) is 37.0 Å². The molecular weight excluding hydrogens is 228 g/mol. The molecule has 94 valence electrons. The molecule has 1 amide bonds. The minimum absolute atomic E-state index is 0.0853. The minimum Gasteiger partial charge on any atom is -0.346 e. The lowest BCUT2D eigenvalue weighted by atomic mass is 9.97. The Morgan fingerprint density at radius 1 is 1.33 bits per heavy atom. The van der Waals surface area contributed by atoms with Gasteiger partial charge in [-0.15, -0.1) is 0 Å². The van der Waals surface area contributed by atoms with Gasteiger partial charge in [0.15, 0.2) is 0 Å². The monoisotopic (exact) mass is 245 g/mol. The molecule has 1 aliphatic rings. The fraction of sp³-hybridized carbons (Fsp3) is 0.385. The smallest absolute Gasteiger partial charge is 0.230 e. The number of aromatic amines is 1.